The molecule has 0 spiro atoms. The summed E-state index contributed by atoms with van der Waals surface area (Å²) in [5.74, 6) is 4.24. The largest absolute Gasteiger partial charge is 0.370 e. The van der Waals surface area contributed by atoms with Gasteiger partial charge in [-0.05, 0) is 35.8 Å². The molecule has 5 heteroatoms. The summed E-state index contributed by atoms with van der Waals surface area (Å²) < 4.78 is 0. The minimum atomic E-state index is -0.649. The first kappa shape index (κ1) is 22.0. The van der Waals surface area contributed by atoms with Crippen LogP contribution in [-0.2, 0) is 9.63 Å². The predicted octanol–water partition coefficient (Wildman–Crippen LogP) is 4.37. The van der Waals surface area contributed by atoms with Crippen molar-refractivity contribution in [2.45, 2.75) is 47.5 Å². The number of nitrogens with two attached hydrogens (primary N) is 1. The van der Waals surface area contributed by atoms with Crippen LogP contribution < -0.4 is 5.90 Å². The number of ketones is 2. The summed E-state index contributed by atoms with van der Waals surface area (Å²) in [6.45, 7) is 10.2. The Labute approximate surface area is 167 Å². The Morgan fingerprint density at radius 2 is 1.71 bits per heavy atom. The highest BCUT2D eigenvalue weighted by Crippen LogP contribution is 2.42. The summed E-state index contributed by atoms with van der Waals surface area (Å²) in [7, 11) is 0. The van der Waals surface area contributed by atoms with Crippen LogP contribution >= 0.6 is 0 Å². The normalized spacial score (nSPS) is 22.9. The van der Waals surface area contributed by atoms with Crippen LogP contribution in [0.4, 0.5) is 0 Å². The second kappa shape index (κ2) is 8.82. The van der Waals surface area contributed by atoms with E-state index in [0.29, 0.717) is 12.0 Å². The molecule has 1 aliphatic carbocycles. The van der Waals surface area contributed by atoms with Crippen molar-refractivity contribution in [1.29, 1.82) is 0 Å². The fraction of sp³-hybridized carbons (Fsp3) is 0.522. The van der Waals surface area contributed by atoms with Crippen LogP contribution in [0.1, 0.15) is 68.2 Å². The van der Waals surface area contributed by atoms with Gasteiger partial charge in [-0.25, -0.2) is 4.79 Å². The van der Waals surface area contributed by atoms with Crippen molar-refractivity contribution in [2.24, 2.45) is 35.0 Å². The van der Waals surface area contributed by atoms with E-state index < -0.39 is 5.97 Å². The molecule has 28 heavy (non-hydrogen) atoms. The highest BCUT2D eigenvalue weighted by atomic mass is 16.7. The molecule has 1 aliphatic rings. The molecule has 0 aromatic heterocycles. The zero-order valence-electron chi connectivity index (χ0n) is 17.4. The molecule has 0 amide bonds. The number of rotatable bonds is 7. The van der Waals surface area contributed by atoms with E-state index in [1.807, 2.05) is 13.8 Å². The monoisotopic (exact) mass is 385 g/mol. The fourth-order valence-corrected chi connectivity index (χ4v) is 4.25. The van der Waals surface area contributed by atoms with E-state index in [0.717, 1.165) is 6.42 Å². The topological polar surface area (TPSA) is 86.5 Å². The van der Waals surface area contributed by atoms with Gasteiger partial charge in [0.2, 0.25) is 0 Å². The first-order valence-corrected chi connectivity index (χ1v) is 9.83. The molecule has 152 valence electrons. The van der Waals surface area contributed by atoms with Gasteiger partial charge in [0.05, 0.1) is 5.56 Å². The molecule has 0 heterocycles. The molecule has 1 aromatic rings. The molecule has 4 atom stereocenters. The molecule has 0 saturated carbocycles. The summed E-state index contributed by atoms with van der Waals surface area (Å²) in [4.78, 5) is 41.5. The molecule has 2 N–H and O–H groups in total. The lowest BCUT2D eigenvalue weighted by Gasteiger charge is -2.39. The minimum Gasteiger partial charge on any atom is -0.370 e. The van der Waals surface area contributed by atoms with E-state index in [-0.39, 0.29) is 46.2 Å². The van der Waals surface area contributed by atoms with E-state index in [1.54, 1.807) is 12.1 Å². The van der Waals surface area contributed by atoms with Crippen molar-refractivity contribution in [3.63, 3.8) is 0 Å². The number of hydrogen-bond acceptors (Lipinski definition) is 5. The first-order chi connectivity index (χ1) is 13.1. The molecule has 0 fully saturated rings. The highest BCUT2D eigenvalue weighted by Gasteiger charge is 2.40. The van der Waals surface area contributed by atoms with Gasteiger partial charge in [-0.1, -0.05) is 58.9 Å². The SMILES string of the molecule is CC1C=CCC(C)(C)C1C(=O)CC(C)C(C)C(=O)c1ccc(C(=O)ON)cc1. The Bertz CT molecular complexity index is 763. The second-order valence-corrected chi connectivity index (χ2v) is 8.74. The van der Waals surface area contributed by atoms with E-state index >= 15 is 0 Å². The van der Waals surface area contributed by atoms with Gasteiger partial charge in [-0.3, -0.25) is 9.59 Å². The Morgan fingerprint density at radius 3 is 2.25 bits per heavy atom. The molecular formula is C23H31NO4. The molecule has 4 unspecified atom stereocenters. The standard InChI is InChI=1S/C23H31NO4/c1-14-7-6-12-23(4,5)20(14)19(25)13-15(2)16(3)21(26)17-8-10-18(11-9-17)22(27)28-24/h6-11,14-16,20H,12-13,24H2,1-5H3. The van der Waals surface area contributed by atoms with Gasteiger partial charge in [0.1, 0.15) is 5.78 Å². The summed E-state index contributed by atoms with van der Waals surface area (Å²) in [6, 6.07) is 6.22. The van der Waals surface area contributed by atoms with Gasteiger partial charge >= 0.3 is 5.97 Å². The smallest absolute Gasteiger partial charge is 0.356 e. The summed E-state index contributed by atoms with van der Waals surface area (Å²) >= 11 is 0. The van der Waals surface area contributed by atoms with E-state index in [4.69, 9.17) is 5.90 Å². The van der Waals surface area contributed by atoms with E-state index in [2.05, 4.69) is 37.8 Å². The molecule has 0 radical (unpaired) electrons. The van der Waals surface area contributed by atoms with Crippen molar-refractivity contribution in [3.8, 4) is 0 Å². The molecule has 5 nitrogen and oxygen atoms in total. The molecule has 2 rings (SSSR count). The lowest BCUT2D eigenvalue weighted by Crippen LogP contribution is -2.38. The van der Waals surface area contributed by atoms with Crippen LogP contribution in [0.15, 0.2) is 36.4 Å². The minimum absolute atomic E-state index is 0.0242. The predicted molar refractivity (Wildman–Crippen MR) is 109 cm³/mol. The maximum absolute atomic E-state index is 13.0. The summed E-state index contributed by atoms with van der Waals surface area (Å²) in [5, 5.41) is 0. The number of allylic oxidation sites excluding steroid dienone is 2. The second-order valence-electron chi connectivity index (χ2n) is 8.74. The number of carbonyl (C=O) groups excluding carboxylic acids is 3. The number of Topliss-reactive ketones (excluding diaryl/α,β-unsaturated/α-hetero) is 2. The average molecular weight is 386 g/mol. The van der Waals surface area contributed by atoms with Crippen LogP contribution in [-0.4, -0.2) is 17.5 Å². The lowest BCUT2D eigenvalue weighted by atomic mass is 9.64. The van der Waals surface area contributed by atoms with Crippen LogP contribution in [0, 0.1) is 29.1 Å². The third kappa shape index (κ3) is 4.76. The molecular weight excluding hydrogens is 354 g/mol. The number of hydrogen-bond donors (Lipinski definition) is 1. The molecule has 0 aliphatic heterocycles. The van der Waals surface area contributed by atoms with Crippen molar-refractivity contribution in [3.05, 3.63) is 47.5 Å². The zero-order chi connectivity index (χ0) is 21.1. The van der Waals surface area contributed by atoms with Crippen LogP contribution in [0.2, 0.25) is 0 Å². The molecule has 0 saturated heterocycles. The van der Waals surface area contributed by atoms with Crippen molar-refractivity contribution < 1.29 is 19.2 Å². The maximum atomic E-state index is 13.0. The molecule has 0 bridgehead atoms. The van der Waals surface area contributed by atoms with Crippen molar-refractivity contribution in [2.75, 3.05) is 0 Å². The van der Waals surface area contributed by atoms with E-state index in [1.165, 1.54) is 12.1 Å². The van der Waals surface area contributed by atoms with Crippen LogP contribution in [0.5, 0.6) is 0 Å². The Balaban J connectivity index is 2.06. The number of carbonyl (C=O) groups is 3. The zero-order valence-corrected chi connectivity index (χ0v) is 17.4. The summed E-state index contributed by atoms with van der Waals surface area (Å²) in [5.41, 5.74) is 0.734. The van der Waals surface area contributed by atoms with Gasteiger partial charge in [0, 0.05) is 23.8 Å². The van der Waals surface area contributed by atoms with Crippen molar-refractivity contribution >= 4 is 17.5 Å². The van der Waals surface area contributed by atoms with Gasteiger partial charge in [0.25, 0.3) is 0 Å². The Morgan fingerprint density at radius 1 is 1.14 bits per heavy atom. The van der Waals surface area contributed by atoms with Gasteiger partial charge in [-0.2, -0.15) is 5.90 Å². The third-order valence-electron chi connectivity index (χ3n) is 6.10. The lowest BCUT2D eigenvalue weighted by molar-refractivity contribution is -0.129. The Hall–Kier alpha value is -2.27. The molecule has 1 aromatic carbocycles. The number of benzene rings is 1. The van der Waals surface area contributed by atoms with Crippen molar-refractivity contribution in [1.82, 2.24) is 0 Å². The van der Waals surface area contributed by atoms with Crippen LogP contribution in [0.25, 0.3) is 0 Å². The van der Waals surface area contributed by atoms with Gasteiger partial charge in [0.15, 0.2) is 5.78 Å². The summed E-state index contributed by atoms with van der Waals surface area (Å²) in [6.07, 6.45) is 5.57. The fourth-order valence-electron chi connectivity index (χ4n) is 4.25. The quantitative estimate of drug-likeness (QED) is 0.428. The van der Waals surface area contributed by atoms with Gasteiger partial charge < -0.3 is 4.84 Å². The van der Waals surface area contributed by atoms with Crippen LogP contribution in [0.3, 0.4) is 0 Å². The third-order valence-corrected chi connectivity index (χ3v) is 6.10. The average Bonchev–Trinajstić information content (AvgIpc) is 2.65. The van der Waals surface area contributed by atoms with Gasteiger partial charge in [-0.15, -0.1) is 0 Å². The maximum Gasteiger partial charge on any atom is 0.356 e. The Kier molecular flexibility index (Phi) is 6.94. The highest BCUT2D eigenvalue weighted by molar-refractivity contribution is 5.99. The van der Waals surface area contributed by atoms with E-state index in [9.17, 15) is 14.4 Å². The first-order valence-electron chi connectivity index (χ1n) is 9.83.